The molecule has 0 aliphatic carbocycles. The van der Waals surface area contributed by atoms with E-state index in [2.05, 4.69) is 0 Å². The second kappa shape index (κ2) is 6.78. The minimum atomic E-state index is -0.723. The van der Waals surface area contributed by atoms with Gasteiger partial charge in [0.25, 0.3) is 5.91 Å². The van der Waals surface area contributed by atoms with Crippen LogP contribution in [0.4, 0.5) is 0 Å². The van der Waals surface area contributed by atoms with Crippen molar-refractivity contribution in [3.63, 3.8) is 0 Å². The molecule has 0 saturated carbocycles. The Morgan fingerprint density at radius 1 is 1.04 bits per heavy atom. The van der Waals surface area contributed by atoms with Crippen molar-refractivity contribution in [1.82, 2.24) is 9.80 Å². The van der Waals surface area contributed by atoms with E-state index in [-0.39, 0.29) is 34.5 Å². The number of carbonyl (C=O) groups is 2. The van der Waals surface area contributed by atoms with E-state index in [1.807, 2.05) is 24.3 Å². The first-order chi connectivity index (χ1) is 13.0. The Bertz CT molecular complexity index is 924. The van der Waals surface area contributed by atoms with Crippen LogP contribution in [0.5, 0.6) is 11.5 Å². The molecule has 1 fully saturated rings. The van der Waals surface area contributed by atoms with Crippen LogP contribution in [-0.4, -0.2) is 44.9 Å². The zero-order chi connectivity index (χ0) is 19.1. The van der Waals surface area contributed by atoms with Crippen LogP contribution < -0.4 is 0 Å². The number of hydrogen-bond acceptors (Lipinski definition) is 4. The molecule has 0 aromatic heterocycles. The molecule has 0 spiro atoms. The number of halogens is 1. The number of benzene rings is 2. The lowest BCUT2D eigenvalue weighted by Crippen LogP contribution is -2.41. The van der Waals surface area contributed by atoms with Gasteiger partial charge in [0.05, 0.1) is 10.6 Å². The number of fused-ring (bicyclic) bond motifs is 1. The number of nitrogens with zero attached hydrogens (tertiary/aromatic N) is 2. The van der Waals surface area contributed by atoms with Gasteiger partial charge < -0.3 is 20.0 Å². The molecule has 2 amide bonds. The summed E-state index contributed by atoms with van der Waals surface area (Å²) >= 11 is 5.92. The van der Waals surface area contributed by atoms with Crippen LogP contribution >= 0.6 is 11.6 Å². The fraction of sp³-hybridized carbons (Fsp3) is 0.300. The van der Waals surface area contributed by atoms with Crippen molar-refractivity contribution in [1.29, 1.82) is 0 Å². The fourth-order valence-corrected chi connectivity index (χ4v) is 3.99. The third kappa shape index (κ3) is 3.00. The Morgan fingerprint density at radius 2 is 1.74 bits per heavy atom. The van der Waals surface area contributed by atoms with Gasteiger partial charge in [-0.15, -0.1) is 0 Å². The van der Waals surface area contributed by atoms with Crippen LogP contribution in [0.2, 0.25) is 5.02 Å². The molecule has 4 rings (SSSR count). The van der Waals surface area contributed by atoms with Gasteiger partial charge in [-0.05, 0) is 30.0 Å². The SMILES string of the molecule is O=C(C1c2ccccc2CN1C(=O)c1cc(Cl)c(O)cc1O)N1CCCC1. The monoisotopic (exact) mass is 386 g/mol. The van der Waals surface area contributed by atoms with Gasteiger partial charge in [0, 0.05) is 25.7 Å². The maximum Gasteiger partial charge on any atom is 0.258 e. The molecule has 2 aromatic rings. The highest BCUT2D eigenvalue weighted by Gasteiger charge is 2.41. The lowest BCUT2D eigenvalue weighted by Gasteiger charge is -2.28. The molecule has 6 nitrogen and oxygen atoms in total. The van der Waals surface area contributed by atoms with Crippen LogP contribution in [0.1, 0.15) is 40.4 Å². The van der Waals surface area contributed by atoms with Gasteiger partial charge >= 0.3 is 0 Å². The molecule has 2 aromatic carbocycles. The normalized spacial score (nSPS) is 18.6. The van der Waals surface area contributed by atoms with Crippen LogP contribution in [0.25, 0.3) is 0 Å². The molecule has 2 heterocycles. The predicted octanol–water partition coefficient (Wildman–Crippen LogP) is 3.07. The number of likely N-dealkylation sites (tertiary alicyclic amines) is 1. The van der Waals surface area contributed by atoms with Crippen molar-refractivity contribution in [2.45, 2.75) is 25.4 Å². The average molecular weight is 387 g/mol. The molecule has 2 aliphatic rings. The molecular weight excluding hydrogens is 368 g/mol. The highest BCUT2D eigenvalue weighted by molar-refractivity contribution is 6.32. The Labute approximate surface area is 161 Å². The number of carbonyl (C=O) groups excluding carboxylic acids is 2. The standard InChI is InChI=1S/C20H19ClN2O4/c21-15-9-14(16(24)10-17(15)25)19(26)23-11-12-5-1-2-6-13(12)18(23)20(27)22-7-3-4-8-22/h1-2,5-6,9-10,18,24-25H,3-4,7-8,11H2. The van der Waals surface area contributed by atoms with E-state index in [1.165, 1.54) is 11.0 Å². The summed E-state index contributed by atoms with van der Waals surface area (Å²) in [5, 5.41) is 19.7. The highest BCUT2D eigenvalue weighted by atomic mass is 35.5. The number of amides is 2. The van der Waals surface area contributed by atoms with E-state index >= 15 is 0 Å². The number of rotatable bonds is 2. The fourth-order valence-electron chi connectivity index (χ4n) is 3.83. The molecule has 140 valence electrons. The minimum absolute atomic E-state index is 0.0321. The van der Waals surface area contributed by atoms with E-state index < -0.39 is 11.9 Å². The van der Waals surface area contributed by atoms with Crippen LogP contribution in [-0.2, 0) is 11.3 Å². The van der Waals surface area contributed by atoms with Crippen molar-refractivity contribution in [2.75, 3.05) is 13.1 Å². The molecule has 2 aliphatic heterocycles. The first-order valence-electron chi connectivity index (χ1n) is 8.86. The summed E-state index contributed by atoms with van der Waals surface area (Å²) in [5.74, 6) is -1.27. The van der Waals surface area contributed by atoms with Gasteiger partial charge in [-0.1, -0.05) is 35.9 Å². The molecule has 0 bridgehead atoms. The first kappa shape index (κ1) is 17.7. The van der Waals surface area contributed by atoms with Crippen LogP contribution in [0.3, 0.4) is 0 Å². The van der Waals surface area contributed by atoms with Crippen LogP contribution in [0.15, 0.2) is 36.4 Å². The molecular formula is C20H19ClN2O4. The molecule has 1 atom stereocenters. The summed E-state index contributed by atoms with van der Waals surface area (Å²) in [6.45, 7) is 1.66. The number of phenols is 2. The van der Waals surface area contributed by atoms with E-state index in [0.717, 1.165) is 30.0 Å². The van der Waals surface area contributed by atoms with Gasteiger partial charge in [0.2, 0.25) is 5.91 Å². The van der Waals surface area contributed by atoms with E-state index in [1.54, 1.807) is 4.90 Å². The third-order valence-electron chi connectivity index (χ3n) is 5.21. The average Bonchev–Trinajstić information content (AvgIpc) is 3.31. The second-order valence-electron chi connectivity index (χ2n) is 6.89. The molecule has 7 heteroatoms. The van der Waals surface area contributed by atoms with Gasteiger partial charge in [-0.25, -0.2) is 0 Å². The topological polar surface area (TPSA) is 81.1 Å². The molecule has 27 heavy (non-hydrogen) atoms. The number of phenolic OH excluding ortho intramolecular Hbond substituents is 2. The minimum Gasteiger partial charge on any atom is -0.507 e. The lowest BCUT2D eigenvalue weighted by molar-refractivity contribution is -0.135. The number of aromatic hydroxyl groups is 2. The van der Waals surface area contributed by atoms with Crippen molar-refractivity contribution in [2.24, 2.45) is 0 Å². The zero-order valence-electron chi connectivity index (χ0n) is 14.6. The molecule has 1 saturated heterocycles. The quantitative estimate of drug-likeness (QED) is 0.831. The Balaban J connectivity index is 1.73. The summed E-state index contributed by atoms with van der Waals surface area (Å²) in [7, 11) is 0. The van der Waals surface area contributed by atoms with Gasteiger partial charge in [0.15, 0.2) is 0 Å². The Hall–Kier alpha value is -2.73. The predicted molar refractivity (Wildman–Crippen MR) is 99.7 cm³/mol. The van der Waals surface area contributed by atoms with Crippen molar-refractivity contribution in [3.05, 3.63) is 58.1 Å². The van der Waals surface area contributed by atoms with Crippen molar-refractivity contribution >= 4 is 23.4 Å². The summed E-state index contributed by atoms with van der Waals surface area (Å²) in [6.07, 6.45) is 1.92. The van der Waals surface area contributed by atoms with Crippen LogP contribution in [0, 0.1) is 0 Å². The van der Waals surface area contributed by atoms with E-state index in [9.17, 15) is 19.8 Å². The summed E-state index contributed by atoms with van der Waals surface area (Å²) in [4.78, 5) is 29.6. The van der Waals surface area contributed by atoms with Crippen molar-refractivity contribution < 1.29 is 19.8 Å². The maximum atomic E-state index is 13.2. The third-order valence-corrected chi connectivity index (χ3v) is 5.51. The van der Waals surface area contributed by atoms with Gasteiger partial charge in [-0.2, -0.15) is 0 Å². The largest absolute Gasteiger partial charge is 0.507 e. The van der Waals surface area contributed by atoms with Crippen molar-refractivity contribution in [3.8, 4) is 11.5 Å². The summed E-state index contributed by atoms with van der Waals surface area (Å²) in [6, 6.07) is 9.04. The molecule has 0 radical (unpaired) electrons. The Morgan fingerprint density at radius 3 is 2.48 bits per heavy atom. The summed E-state index contributed by atoms with van der Waals surface area (Å²) in [5.41, 5.74) is 1.68. The Kier molecular flexibility index (Phi) is 4.44. The zero-order valence-corrected chi connectivity index (χ0v) is 15.3. The molecule has 2 N–H and O–H groups in total. The van der Waals surface area contributed by atoms with E-state index in [4.69, 9.17) is 11.6 Å². The van der Waals surface area contributed by atoms with Gasteiger partial charge in [0.1, 0.15) is 17.5 Å². The smallest absolute Gasteiger partial charge is 0.258 e. The molecule has 1 unspecified atom stereocenters. The second-order valence-corrected chi connectivity index (χ2v) is 7.29. The first-order valence-corrected chi connectivity index (χ1v) is 9.24. The highest BCUT2D eigenvalue weighted by Crippen LogP contribution is 2.39. The maximum absolute atomic E-state index is 13.2. The lowest BCUT2D eigenvalue weighted by atomic mass is 10.0. The van der Waals surface area contributed by atoms with E-state index in [0.29, 0.717) is 13.1 Å². The van der Waals surface area contributed by atoms with Gasteiger partial charge in [-0.3, -0.25) is 9.59 Å². The summed E-state index contributed by atoms with van der Waals surface area (Å²) < 4.78 is 0. The number of hydrogen-bond donors (Lipinski definition) is 2.